The molecule has 1 amide bonds. The van der Waals surface area contributed by atoms with E-state index in [4.69, 9.17) is 18.9 Å². The molecule has 0 saturated carbocycles. The van der Waals surface area contributed by atoms with E-state index in [1.807, 2.05) is 32.0 Å². The maximum Gasteiger partial charge on any atom is 0.246 e. The minimum atomic E-state index is -3.75. The maximum absolute atomic E-state index is 13.1. The molecule has 2 aromatic rings. The normalized spacial score (nSPS) is 14.5. The molecule has 0 spiro atoms. The van der Waals surface area contributed by atoms with E-state index in [2.05, 4.69) is 5.32 Å². The summed E-state index contributed by atoms with van der Waals surface area (Å²) in [5, 5.41) is 2.85. The molecule has 2 aromatic carbocycles. The Morgan fingerprint density at radius 3 is 2.42 bits per heavy atom. The van der Waals surface area contributed by atoms with Crippen LogP contribution in [0.4, 0.5) is 0 Å². The second kappa shape index (κ2) is 13.3. The molecular weight excluding hydrogens is 484 g/mol. The zero-order valence-electron chi connectivity index (χ0n) is 21.0. The highest BCUT2D eigenvalue weighted by atomic mass is 32.2. The van der Waals surface area contributed by atoms with Crippen LogP contribution in [0.25, 0.3) is 6.08 Å². The van der Waals surface area contributed by atoms with Gasteiger partial charge in [0.1, 0.15) is 10.6 Å². The monoisotopic (exact) mass is 518 g/mol. The Morgan fingerprint density at radius 1 is 1.03 bits per heavy atom. The van der Waals surface area contributed by atoms with Crippen LogP contribution < -0.4 is 19.5 Å². The van der Waals surface area contributed by atoms with Gasteiger partial charge in [0.2, 0.25) is 15.9 Å². The number of carbonyl (C=O) groups is 1. The number of hydrogen-bond acceptors (Lipinski definition) is 7. The molecule has 1 saturated heterocycles. The number of amides is 1. The number of carbonyl (C=O) groups excluding carboxylic acids is 1. The summed E-state index contributed by atoms with van der Waals surface area (Å²) in [6, 6.07) is 10.6. The van der Waals surface area contributed by atoms with Gasteiger partial charge in [0.15, 0.2) is 11.5 Å². The Bertz CT molecular complexity index is 1160. The molecule has 0 aromatic heterocycles. The van der Waals surface area contributed by atoms with Gasteiger partial charge in [-0.25, -0.2) is 8.42 Å². The Morgan fingerprint density at radius 2 is 1.72 bits per heavy atom. The van der Waals surface area contributed by atoms with Crippen molar-refractivity contribution in [3.05, 3.63) is 53.6 Å². The molecule has 0 atom stereocenters. The number of methoxy groups -OCH3 is 1. The zero-order valence-corrected chi connectivity index (χ0v) is 21.8. The summed E-state index contributed by atoms with van der Waals surface area (Å²) in [6.45, 7) is 6.63. The molecule has 3 rings (SSSR count). The van der Waals surface area contributed by atoms with Crippen LogP contribution in [-0.2, 0) is 26.0 Å². The van der Waals surface area contributed by atoms with Gasteiger partial charge in [-0.2, -0.15) is 4.31 Å². The minimum Gasteiger partial charge on any atom is -0.495 e. The lowest BCUT2D eigenvalue weighted by molar-refractivity contribution is -0.116. The van der Waals surface area contributed by atoms with Crippen LogP contribution in [0.3, 0.4) is 0 Å². The number of nitrogens with one attached hydrogen (secondary N) is 1. The molecule has 1 fully saturated rings. The van der Waals surface area contributed by atoms with Crippen molar-refractivity contribution in [1.29, 1.82) is 0 Å². The summed E-state index contributed by atoms with van der Waals surface area (Å²) >= 11 is 0. The highest BCUT2D eigenvalue weighted by molar-refractivity contribution is 7.89. The fourth-order valence-corrected chi connectivity index (χ4v) is 5.34. The van der Waals surface area contributed by atoms with Crippen molar-refractivity contribution in [1.82, 2.24) is 9.62 Å². The third-order valence-electron chi connectivity index (χ3n) is 5.52. The van der Waals surface area contributed by atoms with Crippen LogP contribution >= 0.6 is 0 Å². The molecule has 36 heavy (non-hydrogen) atoms. The molecule has 0 aliphatic carbocycles. The minimum absolute atomic E-state index is 0.0649. The average molecular weight is 519 g/mol. The van der Waals surface area contributed by atoms with Gasteiger partial charge < -0.3 is 24.3 Å². The van der Waals surface area contributed by atoms with Crippen LogP contribution in [0.15, 0.2) is 47.4 Å². The van der Waals surface area contributed by atoms with Gasteiger partial charge in [-0.1, -0.05) is 12.1 Å². The molecular formula is C26H34N2O7S. The number of morpholine rings is 1. The second-order valence-electron chi connectivity index (χ2n) is 7.95. The molecule has 1 N–H and O–H groups in total. The Labute approximate surface area is 213 Å². The van der Waals surface area contributed by atoms with Crippen molar-refractivity contribution in [2.75, 3.05) is 53.2 Å². The summed E-state index contributed by atoms with van der Waals surface area (Å²) in [5.41, 5.74) is 1.59. The first-order chi connectivity index (χ1) is 17.4. The zero-order chi connectivity index (χ0) is 26.0. The molecule has 1 aliphatic rings. The van der Waals surface area contributed by atoms with Gasteiger partial charge in [0.05, 0.1) is 33.5 Å². The molecule has 0 unspecified atom stereocenters. The molecule has 1 aliphatic heterocycles. The van der Waals surface area contributed by atoms with Gasteiger partial charge in [0.25, 0.3) is 0 Å². The van der Waals surface area contributed by atoms with E-state index in [0.29, 0.717) is 56.5 Å². The fourth-order valence-electron chi connectivity index (χ4n) is 3.74. The van der Waals surface area contributed by atoms with Crippen LogP contribution in [-0.4, -0.2) is 71.8 Å². The highest BCUT2D eigenvalue weighted by Gasteiger charge is 2.29. The van der Waals surface area contributed by atoms with Crippen LogP contribution in [0.1, 0.15) is 25.0 Å². The number of benzene rings is 2. The summed E-state index contributed by atoms with van der Waals surface area (Å²) in [7, 11) is -2.32. The topological polar surface area (TPSA) is 103 Å². The van der Waals surface area contributed by atoms with Gasteiger partial charge in [-0.3, -0.25) is 4.79 Å². The van der Waals surface area contributed by atoms with Crippen molar-refractivity contribution < 1.29 is 32.2 Å². The number of sulfonamides is 1. The smallest absolute Gasteiger partial charge is 0.246 e. The van der Waals surface area contributed by atoms with Gasteiger partial charge in [-0.15, -0.1) is 0 Å². The molecule has 9 nitrogen and oxygen atoms in total. The predicted octanol–water partition coefficient (Wildman–Crippen LogP) is 2.89. The first-order valence-corrected chi connectivity index (χ1v) is 13.4. The summed E-state index contributed by atoms with van der Waals surface area (Å²) in [4.78, 5) is 12.4. The quantitative estimate of drug-likeness (QED) is 0.431. The number of ether oxygens (including phenoxy) is 4. The van der Waals surface area contributed by atoms with Crippen molar-refractivity contribution in [2.24, 2.45) is 0 Å². The molecule has 0 radical (unpaired) electrons. The van der Waals surface area contributed by atoms with E-state index >= 15 is 0 Å². The van der Waals surface area contributed by atoms with Crippen molar-refractivity contribution in [3.8, 4) is 17.2 Å². The van der Waals surface area contributed by atoms with E-state index in [0.717, 1.165) is 5.56 Å². The van der Waals surface area contributed by atoms with Crippen LogP contribution in [0, 0.1) is 0 Å². The lowest BCUT2D eigenvalue weighted by atomic mass is 10.1. The Hall–Kier alpha value is -3.08. The Balaban J connectivity index is 1.62. The Kier molecular flexibility index (Phi) is 10.2. The standard InChI is InChI=1S/C26H34N2O7S/c1-4-34-22-9-6-21(18-24(22)35-5-2)12-13-27-26(29)11-8-20-7-10-23(32-3)25(19-20)36(30,31)28-14-16-33-17-15-28/h6-11,18-19H,4-5,12-17H2,1-3H3,(H,27,29)/b11-8+. The van der Waals surface area contributed by atoms with Gasteiger partial charge in [0, 0.05) is 25.7 Å². The lowest BCUT2D eigenvalue weighted by Gasteiger charge is -2.26. The number of hydrogen-bond donors (Lipinski definition) is 1. The third-order valence-corrected chi connectivity index (χ3v) is 7.44. The van der Waals surface area contributed by atoms with E-state index in [9.17, 15) is 13.2 Å². The fraction of sp³-hybridized carbons (Fsp3) is 0.423. The molecule has 1 heterocycles. The van der Waals surface area contributed by atoms with Crippen LogP contribution in [0.5, 0.6) is 17.2 Å². The van der Waals surface area contributed by atoms with Crippen molar-refractivity contribution >= 4 is 22.0 Å². The maximum atomic E-state index is 13.1. The SMILES string of the molecule is CCOc1ccc(CCNC(=O)/C=C/c2ccc(OC)c(S(=O)(=O)N3CCOCC3)c2)cc1OCC. The summed E-state index contributed by atoms with van der Waals surface area (Å²) in [5.74, 6) is 1.36. The number of rotatable bonds is 12. The van der Waals surface area contributed by atoms with E-state index < -0.39 is 10.0 Å². The van der Waals surface area contributed by atoms with E-state index in [1.165, 1.54) is 23.6 Å². The third kappa shape index (κ3) is 7.22. The largest absolute Gasteiger partial charge is 0.495 e. The van der Waals surface area contributed by atoms with Crippen molar-refractivity contribution in [3.63, 3.8) is 0 Å². The highest BCUT2D eigenvalue weighted by Crippen LogP contribution is 2.30. The summed E-state index contributed by atoms with van der Waals surface area (Å²) < 4.78 is 49.4. The first-order valence-electron chi connectivity index (χ1n) is 12.0. The van der Waals surface area contributed by atoms with Gasteiger partial charge >= 0.3 is 0 Å². The van der Waals surface area contributed by atoms with Gasteiger partial charge in [-0.05, 0) is 61.7 Å². The average Bonchev–Trinajstić information content (AvgIpc) is 2.89. The van der Waals surface area contributed by atoms with E-state index in [1.54, 1.807) is 18.2 Å². The first kappa shape index (κ1) is 27.5. The van der Waals surface area contributed by atoms with Crippen LogP contribution in [0.2, 0.25) is 0 Å². The predicted molar refractivity (Wildman–Crippen MR) is 137 cm³/mol. The second-order valence-corrected chi connectivity index (χ2v) is 9.85. The lowest BCUT2D eigenvalue weighted by Crippen LogP contribution is -2.40. The van der Waals surface area contributed by atoms with Crippen molar-refractivity contribution in [2.45, 2.75) is 25.2 Å². The molecule has 10 heteroatoms. The van der Waals surface area contributed by atoms with E-state index in [-0.39, 0.29) is 29.6 Å². The summed E-state index contributed by atoms with van der Waals surface area (Å²) in [6.07, 6.45) is 3.59. The number of nitrogens with zero attached hydrogens (tertiary/aromatic N) is 1. The molecule has 0 bridgehead atoms. The molecule has 196 valence electrons.